The molecule has 7 nitrogen and oxygen atoms in total. The predicted molar refractivity (Wildman–Crippen MR) is 97.1 cm³/mol. The highest BCUT2D eigenvalue weighted by atomic mass is 19.4. The summed E-state index contributed by atoms with van der Waals surface area (Å²) in [5, 5.41) is 2.43. The van der Waals surface area contributed by atoms with E-state index in [4.69, 9.17) is 4.74 Å². The van der Waals surface area contributed by atoms with Gasteiger partial charge < -0.3 is 10.1 Å². The number of rotatable bonds is 8. The average Bonchev–Trinajstić information content (AvgIpc) is 2.69. The number of amides is 1. The SMILES string of the molecule is CC(=O)Oc1ccccc1C(=O)N(OCC(F)(F)F)OC(CC1CCCCN1)C(F)(F)F. The third kappa shape index (κ3) is 8.28. The van der Waals surface area contributed by atoms with Crippen molar-refractivity contribution in [2.45, 2.75) is 57.1 Å². The Morgan fingerprint density at radius 3 is 2.41 bits per heavy atom. The molecule has 0 aliphatic carbocycles. The molecule has 1 heterocycles. The van der Waals surface area contributed by atoms with Crippen LogP contribution in [0.5, 0.6) is 5.75 Å². The number of nitrogens with one attached hydrogen (secondary N) is 1. The Labute approximate surface area is 179 Å². The number of nitrogens with zero attached hydrogens (tertiary/aromatic N) is 1. The second-order valence-corrected chi connectivity index (χ2v) is 7.06. The summed E-state index contributed by atoms with van der Waals surface area (Å²) in [4.78, 5) is 32.9. The Kier molecular flexibility index (Phi) is 8.87. The molecule has 1 aromatic carbocycles. The number of carbonyl (C=O) groups excluding carboxylic acids is 2. The number of alkyl halides is 6. The Morgan fingerprint density at radius 1 is 1.16 bits per heavy atom. The van der Waals surface area contributed by atoms with Crippen molar-refractivity contribution in [1.82, 2.24) is 10.5 Å². The largest absolute Gasteiger partial charge is 0.426 e. The molecule has 2 rings (SSSR count). The topological polar surface area (TPSA) is 77.1 Å². The molecule has 0 spiro atoms. The maximum Gasteiger partial charge on any atom is 0.417 e. The van der Waals surface area contributed by atoms with Gasteiger partial charge in [0, 0.05) is 19.4 Å². The van der Waals surface area contributed by atoms with E-state index in [0.29, 0.717) is 19.4 Å². The lowest BCUT2D eigenvalue weighted by molar-refractivity contribution is -0.401. The normalized spacial score (nSPS) is 18.2. The van der Waals surface area contributed by atoms with Crippen LogP contribution in [-0.4, -0.2) is 54.8 Å². The fourth-order valence-corrected chi connectivity index (χ4v) is 2.99. The number of hydroxylamine groups is 2. The van der Waals surface area contributed by atoms with Gasteiger partial charge in [-0.15, -0.1) is 0 Å². The van der Waals surface area contributed by atoms with Crippen LogP contribution in [0.1, 0.15) is 43.0 Å². The number of benzene rings is 1. The molecule has 1 aliphatic rings. The molecular formula is C19H22F6N2O5. The zero-order valence-electron chi connectivity index (χ0n) is 17.0. The smallest absolute Gasteiger partial charge is 0.417 e. The van der Waals surface area contributed by atoms with E-state index in [9.17, 15) is 35.9 Å². The molecule has 0 bridgehead atoms. The van der Waals surface area contributed by atoms with Crippen LogP contribution in [0.25, 0.3) is 0 Å². The molecule has 0 aromatic heterocycles. The first kappa shape index (κ1) is 25.9. The summed E-state index contributed by atoms with van der Waals surface area (Å²) < 4.78 is 83.5. The molecule has 180 valence electrons. The summed E-state index contributed by atoms with van der Waals surface area (Å²) in [6, 6.07) is 4.20. The van der Waals surface area contributed by atoms with Gasteiger partial charge in [0.15, 0.2) is 12.7 Å². The molecule has 1 aliphatic heterocycles. The summed E-state index contributed by atoms with van der Waals surface area (Å²) in [7, 11) is 0. The van der Waals surface area contributed by atoms with Crippen molar-refractivity contribution in [3.8, 4) is 5.75 Å². The van der Waals surface area contributed by atoms with Crippen molar-refractivity contribution < 1.29 is 50.3 Å². The van der Waals surface area contributed by atoms with E-state index < -0.39 is 60.2 Å². The number of para-hydroxylation sites is 1. The lowest BCUT2D eigenvalue weighted by Gasteiger charge is -2.31. The van der Waals surface area contributed by atoms with Crippen LogP contribution in [0.15, 0.2) is 24.3 Å². The van der Waals surface area contributed by atoms with Crippen molar-refractivity contribution in [2.24, 2.45) is 0 Å². The highest BCUT2D eigenvalue weighted by molar-refractivity contribution is 5.96. The summed E-state index contributed by atoms with van der Waals surface area (Å²) in [5.74, 6) is -2.74. The van der Waals surface area contributed by atoms with E-state index in [-0.39, 0.29) is 5.75 Å². The van der Waals surface area contributed by atoms with Gasteiger partial charge in [0.05, 0.1) is 5.56 Å². The lowest BCUT2D eigenvalue weighted by atomic mass is 9.99. The first-order valence-corrected chi connectivity index (χ1v) is 9.65. The summed E-state index contributed by atoms with van der Waals surface area (Å²) in [6.45, 7) is -0.592. The maximum absolute atomic E-state index is 13.6. The van der Waals surface area contributed by atoms with Gasteiger partial charge in [-0.3, -0.25) is 9.59 Å². The van der Waals surface area contributed by atoms with Gasteiger partial charge in [-0.25, -0.2) is 9.68 Å². The van der Waals surface area contributed by atoms with Crippen molar-refractivity contribution >= 4 is 11.9 Å². The Hall–Kier alpha value is -2.38. The summed E-state index contributed by atoms with van der Waals surface area (Å²) >= 11 is 0. The lowest BCUT2D eigenvalue weighted by Crippen LogP contribution is -2.47. The Morgan fingerprint density at radius 2 is 1.84 bits per heavy atom. The molecule has 2 atom stereocenters. The Balaban J connectivity index is 2.30. The number of ether oxygens (including phenoxy) is 1. The second-order valence-electron chi connectivity index (χ2n) is 7.06. The molecule has 0 radical (unpaired) electrons. The van der Waals surface area contributed by atoms with E-state index in [1.54, 1.807) is 0 Å². The van der Waals surface area contributed by atoms with E-state index in [2.05, 4.69) is 15.0 Å². The van der Waals surface area contributed by atoms with Crippen molar-refractivity contribution in [3.63, 3.8) is 0 Å². The molecule has 1 amide bonds. The van der Waals surface area contributed by atoms with E-state index in [0.717, 1.165) is 25.5 Å². The zero-order valence-corrected chi connectivity index (χ0v) is 17.0. The highest BCUT2D eigenvalue weighted by Gasteiger charge is 2.45. The van der Waals surface area contributed by atoms with Gasteiger partial charge in [0.1, 0.15) is 5.75 Å². The molecule has 13 heteroatoms. The first-order chi connectivity index (χ1) is 14.9. The van der Waals surface area contributed by atoms with Crippen LogP contribution in [0.3, 0.4) is 0 Å². The number of piperidine rings is 1. The van der Waals surface area contributed by atoms with Gasteiger partial charge >= 0.3 is 24.2 Å². The van der Waals surface area contributed by atoms with Crippen LogP contribution >= 0.6 is 0 Å². The minimum absolute atomic E-state index is 0.383. The number of hydrogen-bond donors (Lipinski definition) is 1. The van der Waals surface area contributed by atoms with Gasteiger partial charge in [-0.05, 0) is 31.5 Å². The third-order valence-electron chi connectivity index (χ3n) is 4.38. The van der Waals surface area contributed by atoms with Gasteiger partial charge in [-0.2, -0.15) is 26.3 Å². The molecule has 2 unspecified atom stereocenters. The number of carbonyl (C=O) groups is 2. The average molecular weight is 472 g/mol. The zero-order chi connectivity index (χ0) is 23.9. The maximum atomic E-state index is 13.6. The summed E-state index contributed by atoms with van der Waals surface area (Å²) in [6.07, 6.45) is -11.4. The van der Waals surface area contributed by atoms with E-state index in [1.807, 2.05) is 0 Å². The fourth-order valence-electron chi connectivity index (χ4n) is 2.99. The standard InChI is InChI=1S/C19H22F6N2O5/c1-12(28)31-15-8-3-2-7-14(15)17(29)27(30-11-18(20,21)22)32-16(19(23,24)25)10-13-6-4-5-9-26-13/h2-3,7-8,13,16,26H,4-6,9-11H2,1H3. The molecule has 32 heavy (non-hydrogen) atoms. The van der Waals surface area contributed by atoms with Crippen molar-refractivity contribution in [2.75, 3.05) is 13.2 Å². The van der Waals surface area contributed by atoms with Crippen LogP contribution < -0.4 is 10.1 Å². The number of hydrogen-bond acceptors (Lipinski definition) is 6. The number of esters is 1. The molecule has 0 saturated carbocycles. The van der Waals surface area contributed by atoms with Crippen LogP contribution in [-0.2, 0) is 14.5 Å². The third-order valence-corrected chi connectivity index (χ3v) is 4.38. The van der Waals surface area contributed by atoms with Crippen LogP contribution in [0, 0.1) is 0 Å². The molecule has 1 fully saturated rings. The summed E-state index contributed by atoms with van der Waals surface area (Å²) in [5.41, 5.74) is -0.526. The van der Waals surface area contributed by atoms with Crippen molar-refractivity contribution in [3.05, 3.63) is 29.8 Å². The fraction of sp³-hybridized carbons (Fsp3) is 0.579. The minimum atomic E-state index is -5.01. The molecule has 1 N–H and O–H groups in total. The second kappa shape index (κ2) is 11.0. The van der Waals surface area contributed by atoms with Crippen LogP contribution in [0.4, 0.5) is 26.3 Å². The van der Waals surface area contributed by atoms with Gasteiger partial charge in [-0.1, -0.05) is 23.8 Å². The number of halogens is 6. The molecule has 1 aromatic rings. The van der Waals surface area contributed by atoms with E-state index >= 15 is 0 Å². The van der Waals surface area contributed by atoms with Crippen molar-refractivity contribution in [1.29, 1.82) is 0 Å². The minimum Gasteiger partial charge on any atom is -0.426 e. The highest BCUT2D eigenvalue weighted by Crippen LogP contribution is 2.31. The predicted octanol–water partition coefficient (Wildman–Crippen LogP) is 3.94. The first-order valence-electron chi connectivity index (χ1n) is 9.65. The van der Waals surface area contributed by atoms with E-state index in [1.165, 1.54) is 12.1 Å². The van der Waals surface area contributed by atoms with Gasteiger partial charge in [0.25, 0.3) is 0 Å². The van der Waals surface area contributed by atoms with Crippen LogP contribution in [0.2, 0.25) is 0 Å². The van der Waals surface area contributed by atoms with Gasteiger partial charge in [0.2, 0.25) is 0 Å². The monoisotopic (exact) mass is 472 g/mol. The Bertz CT molecular complexity index is 780. The quantitative estimate of drug-likeness (QED) is 0.267. The molecular weight excluding hydrogens is 450 g/mol. The molecule has 1 saturated heterocycles.